The maximum Gasteiger partial charge on any atom is 0.257 e. The summed E-state index contributed by atoms with van der Waals surface area (Å²) in [5, 5.41) is 15.9. The van der Waals surface area contributed by atoms with Crippen molar-refractivity contribution in [1.82, 2.24) is 10.2 Å². The van der Waals surface area contributed by atoms with Crippen molar-refractivity contribution in [3.05, 3.63) is 93.7 Å². The van der Waals surface area contributed by atoms with Crippen molar-refractivity contribution in [3.8, 4) is 0 Å². The van der Waals surface area contributed by atoms with E-state index in [0.29, 0.717) is 0 Å². The van der Waals surface area contributed by atoms with Gasteiger partial charge in [0.25, 0.3) is 11.8 Å². The second-order valence-corrected chi connectivity index (χ2v) is 8.98. The molecule has 0 spiro atoms. The Hall–Kier alpha value is -3.10. The standard InChI is InChI=1S/C24H22F2N2O3S/c1-24(31)12-13-28(23(30)17-5-2-3-6-18(17)26)20(19-7-4-14-32-19)21(24)27-22(29)15-8-10-16(25)11-9-15/h2-11,14,20-21,31H,12-13H2,1H3,(H,27,29). The first-order chi connectivity index (χ1) is 15.3. The van der Waals surface area contributed by atoms with Gasteiger partial charge in [0, 0.05) is 17.0 Å². The molecule has 0 saturated carbocycles. The Morgan fingerprint density at radius 2 is 1.81 bits per heavy atom. The van der Waals surface area contributed by atoms with E-state index in [1.165, 1.54) is 58.7 Å². The van der Waals surface area contributed by atoms with Gasteiger partial charge in [0.1, 0.15) is 11.6 Å². The van der Waals surface area contributed by atoms with E-state index in [4.69, 9.17) is 0 Å². The fourth-order valence-electron chi connectivity index (χ4n) is 4.02. The van der Waals surface area contributed by atoms with Crippen molar-refractivity contribution < 1.29 is 23.5 Å². The monoisotopic (exact) mass is 456 g/mol. The maximum atomic E-state index is 14.4. The average Bonchev–Trinajstić information content (AvgIpc) is 3.29. The molecule has 1 aromatic heterocycles. The van der Waals surface area contributed by atoms with Crippen LogP contribution in [-0.4, -0.2) is 40.0 Å². The van der Waals surface area contributed by atoms with Crippen LogP contribution in [0.25, 0.3) is 0 Å². The fraction of sp³-hybridized carbons (Fsp3) is 0.250. The molecule has 1 saturated heterocycles. The Labute approximate surface area is 188 Å². The number of halogens is 2. The van der Waals surface area contributed by atoms with Crippen LogP contribution in [0, 0.1) is 11.6 Å². The predicted molar refractivity (Wildman–Crippen MR) is 117 cm³/mol. The number of hydrogen-bond acceptors (Lipinski definition) is 4. The molecule has 3 atom stereocenters. The quantitative estimate of drug-likeness (QED) is 0.619. The number of nitrogens with one attached hydrogen (secondary N) is 1. The number of carbonyl (C=O) groups is 2. The Morgan fingerprint density at radius 1 is 1.09 bits per heavy atom. The number of benzene rings is 2. The van der Waals surface area contributed by atoms with E-state index in [1.807, 2.05) is 17.5 Å². The smallest absolute Gasteiger partial charge is 0.257 e. The van der Waals surface area contributed by atoms with Gasteiger partial charge in [0.05, 0.1) is 23.2 Å². The van der Waals surface area contributed by atoms with Crippen LogP contribution in [0.3, 0.4) is 0 Å². The molecule has 0 radical (unpaired) electrons. The summed E-state index contributed by atoms with van der Waals surface area (Å²) in [5.41, 5.74) is -1.18. The number of hydrogen-bond donors (Lipinski definition) is 2. The summed E-state index contributed by atoms with van der Waals surface area (Å²) < 4.78 is 27.7. The van der Waals surface area contributed by atoms with Crippen LogP contribution < -0.4 is 5.32 Å². The second kappa shape index (κ2) is 8.80. The Kier molecular flexibility index (Phi) is 6.08. The van der Waals surface area contributed by atoms with Crippen LogP contribution in [-0.2, 0) is 0 Å². The molecule has 2 amide bonds. The summed E-state index contributed by atoms with van der Waals surface area (Å²) in [6.07, 6.45) is 0.184. The molecule has 0 aliphatic carbocycles. The number of aliphatic hydroxyl groups is 1. The van der Waals surface area contributed by atoms with Crippen molar-refractivity contribution in [2.45, 2.75) is 31.0 Å². The minimum Gasteiger partial charge on any atom is -0.388 e. The molecular weight excluding hydrogens is 434 g/mol. The average molecular weight is 457 g/mol. The molecule has 1 aliphatic heterocycles. The summed E-state index contributed by atoms with van der Waals surface area (Å²) in [6.45, 7) is 1.79. The van der Waals surface area contributed by atoms with Gasteiger partial charge in [-0.05, 0) is 61.2 Å². The number of likely N-dealkylation sites (tertiary alicyclic amines) is 1. The van der Waals surface area contributed by atoms with Gasteiger partial charge < -0.3 is 15.3 Å². The van der Waals surface area contributed by atoms with E-state index in [0.717, 1.165) is 4.88 Å². The molecule has 5 nitrogen and oxygen atoms in total. The third-order valence-corrected chi connectivity index (χ3v) is 6.72. The molecule has 3 unspecified atom stereocenters. The minimum atomic E-state index is -1.34. The van der Waals surface area contributed by atoms with Crippen molar-refractivity contribution in [2.24, 2.45) is 0 Å². The van der Waals surface area contributed by atoms with Crippen LogP contribution in [0.5, 0.6) is 0 Å². The van der Waals surface area contributed by atoms with E-state index >= 15 is 0 Å². The van der Waals surface area contributed by atoms with Crippen molar-refractivity contribution in [3.63, 3.8) is 0 Å². The fourth-order valence-corrected chi connectivity index (χ4v) is 4.89. The van der Waals surface area contributed by atoms with Gasteiger partial charge in [0.2, 0.25) is 0 Å². The zero-order chi connectivity index (χ0) is 22.9. The highest BCUT2D eigenvalue weighted by Crippen LogP contribution is 2.40. The van der Waals surface area contributed by atoms with Gasteiger partial charge in [-0.2, -0.15) is 0 Å². The van der Waals surface area contributed by atoms with E-state index in [2.05, 4.69) is 5.32 Å². The third kappa shape index (κ3) is 4.28. The minimum absolute atomic E-state index is 0.0702. The van der Waals surface area contributed by atoms with E-state index in [9.17, 15) is 23.5 Å². The van der Waals surface area contributed by atoms with Crippen LogP contribution >= 0.6 is 11.3 Å². The SMILES string of the molecule is CC1(O)CCN(C(=O)c2ccccc2F)C(c2cccs2)C1NC(=O)c1ccc(F)cc1. The molecule has 0 bridgehead atoms. The summed E-state index contributed by atoms with van der Waals surface area (Å²) in [7, 11) is 0. The molecule has 8 heteroatoms. The van der Waals surface area contributed by atoms with Crippen LogP contribution in [0.15, 0.2) is 66.0 Å². The van der Waals surface area contributed by atoms with E-state index in [-0.39, 0.29) is 24.1 Å². The first-order valence-electron chi connectivity index (χ1n) is 10.2. The predicted octanol–water partition coefficient (Wildman–Crippen LogP) is 4.16. The topological polar surface area (TPSA) is 69.6 Å². The van der Waals surface area contributed by atoms with Crippen molar-refractivity contribution in [2.75, 3.05) is 6.54 Å². The summed E-state index contributed by atoms with van der Waals surface area (Å²) in [5.74, 6) is -2.12. The van der Waals surface area contributed by atoms with Gasteiger partial charge in [-0.3, -0.25) is 9.59 Å². The summed E-state index contributed by atoms with van der Waals surface area (Å²) in [6, 6.07) is 12.8. The molecule has 166 valence electrons. The number of thiophene rings is 1. The maximum absolute atomic E-state index is 14.4. The number of amides is 2. The molecule has 32 heavy (non-hydrogen) atoms. The lowest BCUT2D eigenvalue weighted by atomic mass is 9.81. The highest BCUT2D eigenvalue weighted by molar-refractivity contribution is 7.10. The second-order valence-electron chi connectivity index (χ2n) is 8.00. The summed E-state index contributed by atoms with van der Waals surface area (Å²) in [4.78, 5) is 28.5. The van der Waals surface area contributed by atoms with Crippen molar-refractivity contribution in [1.29, 1.82) is 0 Å². The van der Waals surface area contributed by atoms with Crippen molar-refractivity contribution >= 4 is 23.2 Å². The van der Waals surface area contributed by atoms with Crippen LogP contribution in [0.2, 0.25) is 0 Å². The van der Waals surface area contributed by atoms with Gasteiger partial charge in [-0.25, -0.2) is 8.78 Å². The molecule has 2 aromatic carbocycles. The van der Waals surface area contributed by atoms with E-state index in [1.54, 1.807) is 13.0 Å². The molecule has 2 N–H and O–H groups in total. The lowest BCUT2D eigenvalue weighted by molar-refractivity contribution is -0.0542. The normalized spacial score (nSPS) is 23.1. The zero-order valence-corrected chi connectivity index (χ0v) is 18.1. The van der Waals surface area contributed by atoms with Gasteiger partial charge in [0.15, 0.2) is 0 Å². The molecule has 4 rings (SSSR count). The van der Waals surface area contributed by atoms with Crippen LogP contribution in [0.4, 0.5) is 8.78 Å². The van der Waals surface area contributed by atoms with E-state index < -0.39 is 41.1 Å². The first kappa shape index (κ1) is 22.1. The lowest BCUT2D eigenvalue weighted by Gasteiger charge is -2.48. The van der Waals surface area contributed by atoms with Crippen LogP contribution in [0.1, 0.15) is 45.0 Å². The number of rotatable bonds is 4. The molecule has 3 aromatic rings. The first-order valence-corrected chi connectivity index (χ1v) is 11.0. The number of piperidine rings is 1. The van der Waals surface area contributed by atoms with Gasteiger partial charge in [-0.15, -0.1) is 11.3 Å². The summed E-state index contributed by atoms with van der Waals surface area (Å²) >= 11 is 1.38. The molecule has 1 aliphatic rings. The molecular formula is C24H22F2N2O3S. The van der Waals surface area contributed by atoms with Gasteiger partial charge >= 0.3 is 0 Å². The molecule has 2 heterocycles. The number of nitrogens with zero attached hydrogens (tertiary/aromatic N) is 1. The zero-order valence-electron chi connectivity index (χ0n) is 17.3. The number of carbonyl (C=O) groups excluding carboxylic acids is 2. The van der Waals surface area contributed by atoms with Gasteiger partial charge in [-0.1, -0.05) is 18.2 Å². The highest BCUT2D eigenvalue weighted by atomic mass is 32.1. The largest absolute Gasteiger partial charge is 0.388 e. The Morgan fingerprint density at radius 3 is 2.47 bits per heavy atom. The Balaban J connectivity index is 1.72. The highest BCUT2D eigenvalue weighted by Gasteiger charge is 2.48. The third-order valence-electron chi connectivity index (χ3n) is 5.77. The molecule has 1 fully saturated rings. The Bertz CT molecular complexity index is 1120. The lowest BCUT2D eigenvalue weighted by Crippen LogP contribution is -2.63.